The van der Waals surface area contributed by atoms with Crippen LogP contribution in [0.2, 0.25) is 0 Å². The lowest BCUT2D eigenvalue weighted by molar-refractivity contribution is -0.385. The Hall–Kier alpha value is -2.28. The molecule has 124 valence electrons. The summed E-state index contributed by atoms with van der Waals surface area (Å²) in [4.78, 5) is 24.9. The van der Waals surface area contributed by atoms with Gasteiger partial charge in [0.2, 0.25) is 0 Å². The molecule has 1 aliphatic heterocycles. The SMILES string of the molecule is Cc1ccc(C(=O)NN=C2CCN(C(C)C)CC2)cc1[N+](=O)[O-]. The van der Waals surface area contributed by atoms with Gasteiger partial charge in [0, 0.05) is 54.9 Å². The monoisotopic (exact) mass is 318 g/mol. The number of hydrogen-bond acceptors (Lipinski definition) is 5. The van der Waals surface area contributed by atoms with Gasteiger partial charge in [-0.1, -0.05) is 6.07 Å². The molecule has 1 fully saturated rings. The van der Waals surface area contributed by atoms with E-state index in [0.29, 0.717) is 11.6 Å². The highest BCUT2D eigenvalue weighted by atomic mass is 16.6. The normalized spacial score (nSPS) is 15.6. The van der Waals surface area contributed by atoms with Crippen LogP contribution in [0.5, 0.6) is 0 Å². The van der Waals surface area contributed by atoms with Gasteiger partial charge in [-0.05, 0) is 26.8 Å². The van der Waals surface area contributed by atoms with Gasteiger partial charge in [-0.2, -0.15) is 5.10 Å². The van der Waals surface area contributed by atoms with Crippen LogP contribution in [0.4, 0.5) is 5.69 Å². The number of hydrazone groups is 1. The van der Waals surface area contributed by atoms with Crippen LogP contribution in [0.3, 0.4) is 0 Å². The lowest BCUT2D eigenvalue weighted by Gasteiger charge is -2.30. The average molecular weight is 318 g/mol. The fourth-order valence-corrected chi connectivity index (χ4v) is 2.55. The van der Waals surface area contributed by atoms with Crippen LogP contribution in [0.25, 0.3) is 0 Å². The molecule has 1 aliphatic rings. The summed E-state index contributed by atoms with van der Waals surface area (Å²) >= 11 is 0. The summed E-state index contributed by atoms with van der Waals surface area (Å²) in [6.07, 6.45) is 1.65. The summed E-state index contributed by atoms with van der Waals surface area (Å²) in [7, 11) is 0. The van der Waals surface area contributed by atoms with Gasteiger partial charge in [-0.15, -0.1) is 0 Å². The van der Waals surface area contributed by atoms with Gasteiger partial charge in [-0.3, -0.25) is 14.9 Å². The molecule has 1 saturated heterocycles. The molecule has 0 atom stereocenters. The Kier molecular flexibility index (Phi) is 5.44. The third-order valence-corrected chi connectivity index (χ3v) is 4.09. The van der Waals surface area contributed by atoms with Crippen LogP contribution in [0.15, 0.2) is 23.3 Å². The standard InChI is InChI=1S/C16H22N4O3/c1-11(2)19-8-6-14(7-9-19)17-18-16(21)13-5-4-12(3)15(10-13)20(22)23/h4-5,10-11H,6-9H2,1-3H3,(H,18,21). The minimum Gasteiger partial charge on any atom is -0.300 e. The molecule has 1 amide bonds. The maximum absolute atomic E-state index is 12.1. The van der Waals surface area contributed by atoms with Crippen molar-refractivity contribution in [3.05, 3.63) is 39.4 Å². The zero-order chi connectivity index (χ0) is 17.0. The fraction of sp³-hybridized carbons (Fsp3) is 0.500. The Morgan fingerprint density at radius 2 is 2.00 bits per heavy atom. The van der Waals surface area contributed by atoms with Gasteiger partial charge < -0.3 is 4.90 Å². The van der Waals surface area contributed by atoms with Crippen LogP contribution in [0, 0.1) is 17.0 Å². The number of amides is 1. The van der Waals surface area contributed by atoms with E-state index in [2.05, 4.69) is 29.3 Å². The molecule has 0 spiro atoms. The third kappa shape index (κ3) is 4.35. The first-order valence-corrected chi connectivity index (χ1v) is 7.73. The molecular weight excluding hydrogens is 296 g/mol. The van der Waals surface area contributed by atoms with E-state index in [9.17, 15) is 14.9 Å². The summed E-state index contributed by atoms with van der Waals surface area (Å²) in [6, 6.07) is 4.94. The van der Waals surface area contributed by atoms with Gasteiger partial charge in [0.15, 0.2) is 0 Å². The molecule has 1 aromatic rings. The van der Waals surface area contributed by atoms with Crippen LogP contribution in [0.1, 0.15) is 42.6 Å². The highest BCUT2D eigenvalue weighted by Gasteiger charge is 2.18. The second-order valence-electron chi connectivity index (χ2n) is 6.01. The second kappa shape index (κ2) is 7.32. The summed E-state index contributed by atoms with van der Waals surface area (Å²) in [5, 5.41) is 15.1. The number of benzene rings is 1. The first-order valence-electron chi connectivity index (χ1n) is 7.73. The Morgan fingerprint density at radius 3 is 2.57 bits per heavy atom. The zero-order valence-corrected chi connectivity index (χ0v) is 13.7. The topological polar surface area (TPSA) is 87.8 Å². The van der Waals surface area contributed by atoms with E-state index in [0.717, 1.165) is 31.6 Å². The largest absolute Gasteiger partial charge is 0.300 e. The average Bonchev–Trinajstić information content (AvgIpc) is 2.53. The molecular formula is C16H22N4O3. The van der Waals surface area contributed by atoms with Crippen molar-refractivity contribution in [3.63, 3.8) is 0 Å². The smallest absolute Gasteiger partial charge is 0.273 e. The first kappa shape index (κ1) is 17.1. The number of hydrogen-bond donors (Lipinski definition) is 1. The van der Waals surface area contributed by atoms with Crippen molar-refractivity contribution in [3.8, 4) is 0 Å². The molecule has 0 aliphatic carbocycles. The van der Waals surface area contributed by atoms with E-state index in [1.165, 1.54) is 6.07 Å². The number of aryl methyl sites for hydroxylation is 1. The Morgan fingerprint density at radius 1 is 1.35 bits per heavy atom. The van der Waals surface area contributed by atoms with E-state index in [1.807, 2.05) is 0 Å². The van der Waals surface area contributed by atoms with Crippen molar-refractivity contribution in [2.24, 2.45) is 5.10 Å². The highest BCUT2D eigenvalue weighted by molar-refractivity contribution is 5.96. The summed E-state index contributed by atoms with van der Waals surface area (Å²) < 4.78 is 0. The minimum atomic E-state index is -0.486. The van der Waals surface area contributed by atoms with Crippen LogP contribution in [-0.4, -0.2) is 40.6 Å². The Bertz CT molecular complexity index is 630. The van der Waals surface area contributed by atoms with Gasteiger partial charge >= 0.3 is 0 Å². The molecule has 1 aromatic carbocycles. The molecule has 2 rings (SSSR count). The summed E-state index contributed by atoms with van der Waals surface area (Å²) in [5.41, 5.74) is 4.17. The fourth-order valence-electron chi connectivity index (χ4n) is 2.55. The molecule has 0 bridgehead atoms. The van der Waals surface area contributed by atoms with Gasteiger partial charge in [0.05, 0.1) is 4.92 Å². The number of nitro groups is 1. The zero-order valence-electron chi connectivity index (χ0n) is 13.7. The molecule has 0 radical (unpaired) electrons. The minimum absolute atomic E-state index is 0.0597. The van der Waals surface area contributed by atoms with Crippen molar-refractivity contribution in [2.75, 3.05) is 13.1 Å². The number of nitrogens with one attached hydrogen (secondary N) is 1. The number of nitro benzene ring substituents is 1. The predicted molar refractivity (Wildman–Crippen MR) is 88.7 cm³/mol. The first-order chi connectivity index (χ1) is 10.9. The van der Waals surface area contributed by atoms with E-state index < -0.39 is 10.8 Å². The van der Waals surface area contributed by atoms with Crippen molar-refractivity contribution >= 4 is 17.3 Å². The third-order valence-electron chi connectivity index (χ3n) is 4.09. The molecule has 1 heterocycles. The Balaban J connectivity index is 1.99. The van der Waals surface area contributed by atoms with Crippen LogP contribution >= 0.6 is 0 Å². The number of carbonyl (C=O) groups is 1. The molecule has 7 heteroatoms. The predicted octanol–water partition coefficient (Wildman–Crippen LogP) is 2.49. The molecule has 7 nitrogen and oxygen atoms in total. The van der Waals surface area contributed by atoms with E-state index >= 15 is 0 Å². The highest BCUT2D eigenvalue weighted by Crippen LogP contribution is 2.19. The lowest BCUT2D eigenvalue weighted by Crippen LogP contribution is -2.39. The van der Waals surface area contributed by atoms with Crippen molar-refractivity contribution in [1.82, 2.24) is 10.3 Å². The number of carbonyl (C=O) groups excluding carboxylic acids is 1. The maximum atomic E-state index is 12.1. The van der Waals surface area contributed by atoms with Crippen molar-refractivity contribution in [2.45, 2.75) is 39.7 Å². The quantitative estimate of drug-likeness (QED) is 0.682. The summed E-state index contributed by atoms with van der Waals surface area (Å²) in [6.45, 7) is 7.83. The van der Waals surface area contributed by atoms with Crippen molar-refractivity contribution < 1.29 is 9.72 Å². The number of likely N-dealkylation sites (tertiary alicyclic amines) is 1. The van der Waals surface area contributed by atoms with Gasteiger partial charge in [0.1, 0.15) is 0 Å². The van der Waals surface area contributed by atoms with Gasteiger partial charge in [0.25, 0.3) is 11.6 Å². The molecule has 23 heavy (non-hydrogen) atoms. The molecule has 0 aromatic heterocycles. The van der Waals surface area contributed by atoms with E-state index in [4.69, 9.17) is 0 Å². The van der Waals surface area contributed by atoms with Crippen LogP contribution in [-0.2, 0) is 0 Å². The second-order valence-corrected chi connectivity index (χ2v) is 6.01. The molecule has 1 N–H and O–H groups in total. The van der Waals surface area contributed by atoms with Crippen molar-refractivity contribution in [1.29, 1.82) is 0 Å². The van der Waals surface area contributed by atoms with Gasteiger partial charge in [-0.25, -0.2) is 5.43 Å². The lowest BCUT2D eigenvalue weighted by atomic mass is 10.1. The molecule has 0 saturated carbocycles. The van der Waals surface area contributed by atoms with E-state index in [1.54, 1.807) is 19.1 Å². The number of rotatable bonds is 4. The molecule has 0 unspecified atom stereocenters. The number of nitrogens with zero attached hydrogens (tertiary/aromatic N) is 3. The maximum Gasteiger partial charge on any atom is 0.273 e. The van der Waals surface area contributed by atoms with E-state index in [-0.39, 0.29) is 11.3 Å². The Labute approximate surface area is 135 Å². The van der Waals surface area contributed by atoms with Crippen LogP contribution < -0.4 is 5.43 Å². The number of piperidine rings is 1. The summed E-state index contributed by atoms with van der Waals surface area (Å²) in [5.74, 6) is -0.424.